The van der Waals surface area contributed by atoms with Crippen molar-refractivity contribution in [1.82, 2.24) is 9.80 Å². The van der Waals surface area contributed by atoms with Gasteiger partial charge in [0.25, 0.3) is 11.8 Å². The first-order valence-electron chi connectivity index (χ1n) is 11.3. The maximum Gasteiger partial charge on any atom is 0.407 e. The van der Waals surface area contributed by atoms with Gasteiger partial charge in [0.05, 0.1) is 11.7 Å². The molecule has 0 radical (unpaired) electrons. The van der Waals surface area contributed by atoms with Gasteiger partial charge in [-0.1, -0.05) is 0 Å². The molecule has 0 bridgehead atoms. The van der Waals surface area contributed by atoms with Crippen LogP contribution in [0.5, 0.6) is 5.75 Å². The zero-order chi connectivity index (χ0) is 23.2. The summed E-state index contributed by atoms with van der Waals surface area (Å²) in [5, 5.41) is 9.42. The molecule has 9 nitrogen and oxygen atoms in total. The molecule has 32 heavy (non-hydrogen) atoms. The molecule has 4 rings (SSSR count). The lowest BCUT2D eigenvalue weighted by atomic mass is 9.98. The van der Waals surface area contributed by atoms with Crippen LogP contribution in [-0.2, 0) is 4.79 Å². The molecular formula is C23H32N4O5. The molecule has 174 valence electrons. The van der Waals surface area contributed by atoms with Crippen LogP contribution in [0, 0.1) is 6.92 Å². The highest BCUT2D eigenvalue weighted by atomic mass is 16.5. The Kier molecular flexibility index (Phi) is 5.79. The zero-order valence-electron chi connectivity index (χ0n) is 19.0. The van der Waals surface area contributed by atoms with Crippen molar-refractivity contribution in [3.8, 4) is 5.75 Å². The van der Waals surface area contributed by atoms with Crippen LogP contribution in [0.15, 0.2) is 12.1 Å². The van der Waals surface area contributed by atoms with Crippen LogP contribution in [-0.4, -0.2) is 76.7 Å². The fourth-order valence-electron chi connectivity index (χ4n) is 4.90. The van der Waals surface area contributed by atoms with Gasteiger partial charge in [-0.2, -0.15) is 0 Å². The van der Waals surface area contributed by atoms with Crippen molar-refractivity contribution in [2.45, 2.75) is 64.1 Å². The van der Waals surface area contributed by atoms with Gasteiger partial charge in [-0.15, -0.1) is 0 Å². The molecule has 3 N–H and O–H groups in total. The van der Waals surface area contributed by atoms with E-state index in [9.17, 15) is 19.5 Å². The van der Waals surface area contributed by atoms with Gasteiger partial charge in [-0.05, 0) is 51.3 Å². The van der Waals surface area contributed by atoms with Gasteiger partial charge in [0.15, 0.2) is 5.60 Å². The van der Waals surface area contributed by atoms with Crippen LogP contribution in [0.4, 0.5) is 10.5 Å². The predicted octanol–water partition coefficient (Wildman–Crippen LogP) is 2.20. The molecule has 1 aliphatic carbocycles. The summed E-state index contributed by atoms with van der Waals surface area (Å²) in [6.45, 7) is 7.20. The van der Waals surface area contributed by atoms with Crippen LogP contribution in [0.3, 0.4) is 0 Å². The summed E-state index contributed by atoms with van der Waals surface area (Å²) in [7, 11) is 0. The summed E-state index contributed by atoms with van der Waals surface area (Å²) < 4.78 is 6.07. The van der Waals surface area contributed by atoms with Crippen molar-refractivity contribution in [1.29, 1.82) is 0 Å². The highest BCUT2D eigenvalue weighted by Crippen LogP contribution is 2.49. The largest absolute Gasteiger partial charge is 0.475 e. The van der Waals surface area contributed by atoms with E-state index in [2.05, 4.69) is 0 Å². The molecule has 2 aliphatic heterocycles. The summed E-state index contributed by atoms with van der Waals surface area (Å²) in [5.74, 6) is 0.350. The Hall–Kier alpha value is -2.81. The topological polar surface area (TPSA) is 116 Å². The number of anilines is 1. The number of amides is 3. The number of piperidine rings is 1. The van der Waals surface area contributed by atoms with Gasteiger partial charge in [-0.25, -0.2) is 4.79 Å². The number of nitrogens with zero attached hydrogens (tertiary/aromatic N) is 3. The van der Waals surface area contributed by atoms with Crippen LogP contribution < -0.4 is 15.4 Å². The van der Waals surface area contributed by atoms with Gasteiger partial charge in [0, 0.05) is 50.6 Å². The van der Waals surface area contributed by atoms with Gasteiger partial charge in [0.2, 0.25) is 0 Å². The van der Waals surface area contributed by atoms with Crippen LogP contribution in [0.1, 0.15) is 55.5 Å². The number of hydrogen-bond donors (Lipinski definition) is 2. The fourth-order valence-corrected chi connectivity index (χ4v) is 4.90. The minimum absolute atomic E-state index is 0.0946. The van der Waals surface area contributed by atoms with Crippen molar-refractivity contribution < 1.29 is 24.2 Å². The molecule has 1 spiro atoms. The summed E-state index contributed by atoms with van der Waals surface area (Å²) in [6, 6.07) is 3.27. The summed E-state index contributed by atoms with van der Waals surface area (Å²) in [5.41, 5.74) is 6.84. The van der Waals surface area contributed by atoms with E-state index in [0.29, 0.717) is 62.4 Å². The SMILES string of the molecule is Cc1cc2c(cc1C(=O)N(C(C)C)[C@@H]1CCCN(C(=O)O)C1)N(CCN)C(=O)C1(CC1)O2. The van der Waals surface area contributed by atoms with Crippen LogP contribution in [0.25, 0.3) is 0 Å². The van der Waals surface area contributed by atoms with E-state index in [1.807, 2.05) is 26.8 Å². The minimum atomic E-state index is -0.960. The Labute approximate surface area is 188 Å². The number of carboxylic acid groups (broad SMARTS) is 1. The first-order valence-corrected chi connectivity index (χ1v) is 11.3. The van der Waals surface area contributed by atoms with Crippen molar-refractivity contribution in [2.75, 3.05) is 31.1 Å². The lowest BCUT2D eigenvalue weighted by Crippen LogP contribution is -2.54. The Morgan fingerprint density at radius 2 is 2.06 bits per heavy atom. The number of carbonyl (C=O) groups excluding carboxylic acids is 2. The van der Waals surface area contributed by atoms with E-state index in [1.165, 1.54) is 4.90 Å². The molecule has 1 aromatic carbocycles. The number of rotatable bonds is 5. The molecule has 2 fully saturated rings. The molecule has 1 saturated carbocycles. The highest BCUT2D eigenvalue weighted by Gasteiger charge is 2.58. The maximum atomic E-state index is 13.7. The van der Waals surface area contributed by atoms with Crippen LogP contribution in [0.2, 0.25) is 0 Å². The molecule has 3 amide bonds. The number of ether oxygens (including phenoxy) is 1. The first-order chi connectivity index (χ1) is 15.2. The fraction of sp³-hybridized carbons (Fsp3) is 0.609. The molecule has 1 saturated heterocycles. The molecule has 9 heteroatoms. The Morgan fingerprint density at radius 1 is 1.34 bits per heavy atom. The summed E-state index contributed by atoms with van der Waals surface area (Å²) >= 11 is 0. The normalized spacial score (nSPS) is 21.4. The Morgan fingerprint density at radius 3 is 2.66 bits per heavy atom. The second-order valence-corrected chi connectivity index (χ2v) is 9.31. The maximum absolute atomic E-state index is 13.7. The number of benzene rings is 1. The Balaban J connectivity index is 1.68. The van der Waals surface area contributed by atoms with E-state index in [0.717, 1.165) is 12.0 Å². The predicted molar refractivity (Wildman–Crippen MR) is 119 cm³/mol. The smallest absolute Gasteiger partial charge is 0.407 e. The standard InChI is InChI=1S/C23H32N4O5/c1-14(2)27(16-5-4-9-25(13-16)22(30)31)20(28)17-12-18-19(11-15(17)3)32-23(6-7-23)21(29)26(18)10-8-24/h11-12,14,16H,4-10,13,24H2,1-3H3,(H,30,31)/t16-/m1/s1. The van der Waals surface area contributed by atoms with E-state index >= 15 is 0 Å². The van der Waals surface area contributed by atoms with Gasteiger partial charge in [-0.3, -0.25) is 9.59 Å². The average Bonchev–Trinajstić information content (AvgIpc) is 3.51. The number of nitrogens with two attached hydrogens (primary N) is 1. The number of likely N-dealkylation sites (tertiary alicyclic amines) is 1. The van der Waals surface area contributed by atoms with E-state index < -0.39 is 11.7 Å². The molecule has 1 aromatic rings. The van der Waals surface area contributed by atoms with Gasteiger partial charge >= 0.3 is 6.09 Å². The summed E-state index contributed by atoms with van der Waals surface area (Å²) in [6.07, 6.45) is 1.88. The quantitative estimate of drug-likeness (QED) is 0.719. The summed E-state index contributed by atoms with van der Waals surface area (Å²) in [4.78, 5) is 43.1. The highest BCUT2D eigenvalue weighted by molar-refractivity contribution is 6.06. The third kappa shape index (κ3) is 3.79. The third-order valence-electron chi connectivity index (χ3n) is 6.68. The zero-order valence-corrected chi connectivity index (χ0v) is 19.0. The number of fused-ring (bicyclic) bond motifs is 1. The number of hydrogen-bond acceptors (Lipinski definition) is 5. The molecule has 0 unspecified atom stereocenters. The monoisotopic (exact) mass is 444 g/mol. The minimum Gasteiger partial charge on any atom is -0.475 e. The third-order valence-corrected chi connectivity index (χ3v) is 6.68. The second kappa shape index (κ2) is 8.27. The van der Waals surface area contributed by atoms with Gasteiger partial charge < -0.3 is 30.3 Å². The first kappa shape index (κ1) is 22.4. The lowest BCUT2D eigenvalue weighted by molar-refractivity contribution is -0.128. The number of carbonyl (C=O) groups is 3. The van der Waals surface area contributed by atoms with E-state index in [1.54, 1.807) is 15.9 Å². The molecule has 3 aliphatic rings. The lowest BCUT2D eigenvalue weighted by Gasteiger charge is -2.41. The average molecular weight is 445 g/mol. The van der Waals surface area contributed by atoms with Crippen molar-refractivity contribution in [3.05, 3.63) is 23.3 Å². The molecule has 0 aromatic heterocycles. The van der Waals surface area contributed by atoms with Crippen molar-refractivity contribution in [2.24, 2.45) is 5.73 Å². The number of aryl methyl sites for hydroxylation is 1. The van der Waals surface area contributed by atoms with Crippen LogP contribution >= 0.6 is 0 Å². The van der Waals surface area contributed by atoms with Crippen molar-refractivity contribution >= 4 is 23.6 Å². The van der Waals surface area contributed by atoms with Crippen molar-refractivity contribution in [3.63, 3.8) is 0 Å². The second-order valence-electron chi connectivity index (χ2n) is 9.31. The van der Waals surface area contributed by atoms with E-state index in [-0.39, 0.29) is 23.9 Å². The van der Waals surface area contributed by atoms with Gasteiger partial charge in [0.1, 0.15) is 5.75 Å². The molecular weight excluding hydrogens is 412 g/mol. The molecule has 2 heterocycles. The van der Waals surface area contributed by atoms with E-state index in [4.69, 9.17) is 10.5 Å². The Bertz CT molecular complexity index is 943. The molecule has 1 atom stereocenters.